The standard InChI is InChI=1S/C15H9ClN4O/c16-13-6-5-9(8-19-13)20-12-4-2-1-3-10(12)14(18)11(7-17)15(20)21/h1-6,8H,18H2. The first-order valence-electron chi connectivity index (χ1n) is 6.08. The maximum absolute atomic E-state index is 12.5. The van der Waals surface area contributed by atoms with Crippen LogP contribution in [-0.2, 0) is 0 Å². The van der Waals surface area contributed by atoms with E-state index in [2.05, 4.69) is 4.98 Å². The molecule has 0 atom stereocenters. The molecular formula is C15H9ClN4O. The molecule has 0 aliphatic carbocycles. The largest absolute Gasteiger partial charge is 0.397 e. The molecule has 2 heterocycles. The predicted molar refractivity (Wildman–Crippen MR) is 81.5 cm³/mol. The Morgan fingerprint density at radius 2 is 2.00 bits per heavy atom. The van der Waals surface area contributed by atoms with E-state index in [-0.39, 0.29) is 11.3 Å². The van der Waals surface area contributed by atoms with Crippen molar-refractivity contribution in [1.29, 1.82) is 5.26 Å². The number of pyridine rings is 2. The highest BCUT2D eigenvalue weighted by Gasteiger charge is 2.15. The molecule has 1 aromatic carbocycles. The molecule has 3 aromatic rings. The zero-order valence-electron chi connectivity index (χ0n) is 10.7. The summed E-state index contributed by atoms with van der Waals surface area (Å²) in [6.07, 6.45) is 1.48. The summed E-state index contributed by atoms with van der Waals surface area (Å²) in [6.45, 7) is 0. The Kier molecular flexibility index (Phi) is 3.09. The number of benzene rings is 1. The minimum absolute atomic E-state index is 0.0800. The lowest BCUT2D eigenvalue weighted by Gasteiger charge is -2.12. The fourth-order valence-corrected chi connectivity index (χ4v) is 2.34. The van der Waals surface area contributed by atoms with E-state index in [1.54, 1.807) is 36.4 Å². The van der Waals surface area contributed by atoms with Crippen molar-refractivity contribution in [2.24, 2.45) is 0 Å². The lowest BCUT2D eigenvalue weighted by atomic mass is 10.1. The average Bonchev–Trinajstić information content (AvgIpc) is 2.50. The summed E-state index contributed by atoms with van der Waals surface area (Å²) >= 11 is 5.77. The topological polar surface area (TPSA) is 84.7 Å². The van der Waals surface area contributed by atoms with Crippen LogP contribution in [0.4, 0.5) is 5.69 Å². The second kappa shape index (κ2) is 4.93. The highest BCUT2D eigenvalue weighted by Crippen LogP contribution is 2.24. The lowest BCUT2D eigenvalue weighted by Crippen LogP contribution is -2.23. The number of nitrogens with two attached hydrogens (primary N) is 1. The van der Waals surface area contributed by atoms with Crippen LogP contribution >= 0.6 is 11.6 Å². The predicted octanol–water partition coefficient (Wildman–Crippen LogP) is 2.49. The summed E-state index contributed by atoms with van der Waals surface area (Å²) in [4.78, 5) is 16.5. The van der Waals surface area contributed by atoms with Gasteiger partial charge in [-0.2, -0.15) is 5.26 Å². The third-order valence-electron chi connectivity index (χ3n) is 3.20. The molecule has 5 nitrogen and oxygen atoms in total. The number of fused-ring (bicyclic) bond motifs is 1. The van der Waals surface area contributed by atoms with E-state index >= 15 is 0 Å². The van der Waals surface area contributed by atoms with Crippen LogP contribution in [0.2, 0.25) is 5.15 Å². The fraction of sp³-hybridized carbons (Fsp3) is 0. The molecule has 0 unspecified atom stereocenters. The monoisotopic (exact) mass is 296 g/mol. The Hall–Kier alpha value is -2.84. The molecule has 6 heteroatoms. The van der Waals surface area contributed by atoms with Gasteiger partial charge >= 0.3 is 0 Å². The van der Waals surface area contributed by atoms with Gasteiger partial charge in [0.05, 0.1) is 23.1 Å². The Labute approximate surface area is 124 Å². The van der Waals surface area contributed by atoms with E-state index in [4.69, 9.17) is 17.3 Å². The van der Waals surface area contributed by atoms with E-state index in [9.17, 15) is 10.1 Å². The molecule has 102 valence electrons. The summed E-state index contributed by atoms with van der Waals surface area (Å²) in [7, 11) is 0. The normalized spacial score (nSPS) is 10.5. The number of hydrogen-bond donors (Lipinski definition) is 1. The molecule has 0 saturated carbocycles. The summed E-state index contributed by atoms with van der Waals surface area (Å²) in [5.74, 6) is 0. The third-order valence-corrected chi connectivity index (χ3v) is 3.43. The number of anilines is 1. The van der Waals surface area contributed by atoms with E-state index in [1.807, 2.05) is 6.07 Å². The highest BCUT2D eigenvalue weighted by molar-refractivity contribution is 6.29. The molecule has 0 radical (unpaired) electrons. The fourth-order valence-electron chi connectivity index (χ4n) is 2.23. The van der Waals surface area contributed by atoms with Crippen molar-refractivity contribution in [1.82, 2.24) is 9.55 Å². The van der Waals surface area contributed by atoms with Crippen molar-refractivity contribution in [2.45, 2.75) is 0 Å². The molecule has 0 spiro atoms. The van der Waals surface area contributed by atoms with Crippen molar-refractivity contribution < 1.29 is 0 Å². The van der Waals surface area contributed by atoms with Gasteiger partial charge in [-0.05, 0) is 18.2 Å². The van der Waals surface area contributed by atoms with Gasteiger partial charge in [-0.15, -0.1) is 0 Å². The number of rotatable bonds is 1. The number of nitrogen functional groups attached to an aromatic ring is 1. The second-order valence-corrected chi connectivity index (χ2v) is 4.78. The molecule has 0 aliphatic rings. The van der Waals surface area contributed by atoms with Crippen molar-refractivity contribution in [3.05, 3.63) is 63.7 Å². The lowest BCUT2D eigenvalue weighted by molar-refractivity contribution is 1.02. The van der Waals surface area contributed by atoms with Gasteiger partial charge in [0.1, 0.15) is 16.8 Å². The van der Waals surface area contributed by atoms with Crippen LogP contribution in [0.3, 0.4) is 0 Å². The Morgan fingerprint density at radius 1 is 1.24 bits per heavy atom. The number of halogens is 1. The molecule has 2 aromatic heterocycles. The third kappa shape index (κ3) is 2.02. The van der Waals surface area contributed by atoms with E-state index in [0.717, 1.165) is 0 Å². The molecule has 3 rings (SSSR count). The van der Waals surface area contributed by atoms with E-state index in [1.165, 1.54) is 10.8 Å². The molecule has 0 saturated heterocycles. The first-order chi connectivity index (χ1) is 10.1. The quantitative estimate of drug-likeness (QED) is 0.699. The number of para-hydroxylation sites is 1. The summed E-state index contributed by atoms with van der Waals surface area (Å²) in [5, 5.41) is 10.2. The van der Waals surface area contributed by atoms with Crippen LogP contribution < -0.4 is 11.3 Å². The molecule has 2 N–H and O–H groups in total. The number of nitrogens with zero attached hydrogens (tertiary/aromatic N) is 3. The summed E-state index contributed by atoms with van der Waals surface area (Å²) < 4.78 is 1.41. The molecule has 0 amide bonds. The maximum atomic E-state index is 12.5. The van der Waals surface area contributed by atoms with Gasteiger partial charge in [0.2, 0.25) is 0 Å². The Morgan fingerprint density at radius 3 is 2.67 bits per heavy atom. The van der Waals surface area contributed by atoms with Crippen LogP contribution in [0.15, 0.2) is 47.4 Å². The van der Waals surface area contributed by atoms with Gasteiger partial charge in [-0.25, -0.2) is 4.98 Å². The highest BCUT2D eigenvalue weighted by atomic mass is 35.5. The molecular weight excluding hydrogens is 288 g/mol. The SMILES string of the molecule is N#Cc1c(N)c2ccccc2n(-c2ccc(Cl)nc2)c1=O. The van der Waals surface area contributed by atoms with Gasteiger partial charge in [-0.1, -0.05) is 29.8 Å². The van der Waals surface area contributed by atoms with Gasteiger partial charge < -0.3 is 5.73 Å². The van der Waals surface area contributed by atoms with E-state index < -0.39 is 5.56 Å². The Balaban J connectivity index is 2.50. The van der Waals surface area contributed by atoms with Crippen LogP contribution in [0.1, 0.15) is 5.56 Å². The van der Waals surface area contributed by atoms with Gasteiger partial charge in [-0.3, -0.25) is 9.36 Å². The minimum Gasteiger partial charge on any atom is -0.397 e. The van der Waals surface area contributed by atoms with Crippen molar-refractivity contribution in [3.63, 3.8) is 0 Å². The van der Waals surface area contributed by atoms with Crippen LogP contribution in [0, 0.1) is 11.3 Å². The van der Waals surface area contributed by atoms with Gasteiger partial charge in [0.15, 0.2) is 0 Å². The zero-order valence-corrected chi connectivity index (χ0v) is 11.5. The molecule has 0 bridgehead atoms. The second-order valence-electron chi connectivity index (χ2n) is 4.40. The van der Waals surface area contributed by atoms with Crippen molar-refractivity contribution in [3.8, 4) is 11.8 Å². The molecule has 0 fully saturated rings. The maximum Gasteiger partial charge on any atom is 0.275 e. The number of nitriles is 1. The van der Waals surface area contributed by atoms with E-state index in [0.29, 0.717) is 21.7 Å². The molecule has 21 heavy (non-hydrogen) atoms. The Bertz CT molecular complexity index is 939. The first kappa shape index (κ1) is 13.2. The number of hydrogen-bond acceptors (Lipinski definition) is 4. The summed E-state index contributed by atoms with van der Waals surface area (Å²) in [6, 6.07) is 12.3. The first-order valence-corrected chi connectivity index (χ1v) is 6.46. The van der Waals surface area contributed by atoms with Crippen LogP contribution in [-0.4, -0.2) is 9.55 Å². The summed E-state index contributed by atoms with van der Waals surface area (Å²) in [5.41, 5.74) is 6.70. The smallest absolute Gasteiger partial charge is 0.275 e. The minimum atomic E-state index is -0.474. The van der Waals surface area contributed by atoms with Crippen LogP contribution in [0.25, 0.3) is 16.6 Å². The average molecular weight is 297 g/mol. The van der Waals surface area contributed by atoms with Crippen molar-refractivity contribution in [2.75, 3.05) is 5.73 Å². The van der Waals surface area contributed by atoms with Crippen LogP contribution in [0.5, 0.6) is 0 Å². The number of aromatic nitrogens is 2. The molecule has 0 aliphatic heterocycles. The van der Waals surface area contributed by atoms with Gasteiger partial charge in [0.25, 0.3) is 5.56 Å². The van der Waals surface area contributed by atoms with Gasteiger partial charge in [0, 0.05) is 5.39 Å². The van der Waals surface area contributed by atoms with Crippen molar-refractivity contribution >= 4 is 28.2 Å². The zero-order chi connectivity index (χ0) is 15.0.